The second kappa shape index (κ2) is 7.77. The van der Waals surface area contributed by atoms with E-state index >= 15 is 0 Å². The molecule has 2 rings (SSSR count). The van der Waals surface area contributed by atoms with E-state index in [4.69, 9.17) is 4.42 Å². The summed E-state index contributed by atoms with van der Waals surface area (Å²) in [5.41, 5.74) is 1.95. The largest absolute Gasteiger partial charge is 0.411 e. The van der Waals surface area contributed by atoms with Gasteiger partial charge in [0.05, 0.1) is 5.25 Å². The number of rotatable bonds is 5. The van der Waals surface area contributed by atoms with Crippen LogP contribution in [0, 0.1) is 6.92 Å². The molecule has 7 nitrogen and oxygen atoms in total. The summed E-state index contributed by atoms with van der Waals surface area (Å²) in [6, 6.07) is 7.17. The van der Waals surface area contributed by atoms with Crippen LogP contribution in [-0.4, -0.2) is 33.9 Å². The molecule has 0 aliphatic heterocycles. The highest BCUT2D eigenvalue weighted by atomic mass is 32.2. The fourth-order valence-electron chi connectivity index (χ4n) is 1.69. The molecule has 1 aromatic heterocycles. The Balaban J connectivity index is 1.97. The van der Waals surface area contributed by atoms with Crippen LogP contribution in [-0.2, 0) is 4.79 Å². The number of carbonyl (C=O) groups excluding carboxylic acids is 2. The predicted molar refractivity (Wildman–Crippen MR) is 87.0 cm³/mol. The first-order valence-electron chi connectivity index (χ1n) is 7.15. The number of aryl methyl sites for hydroxylation is 1. The van der Waals surface area contributed by atoms with Gasteiger partial charge in [-0.05, 0) is 32.9 Å². The van der Waals surface area contributed by atoms with E-state index in [1.165, 1.54) is 0 Å². The first-order chi connectivity index (χ1) is 11.0. The summed E-state index contributed by atoms with van der Waals surface area (Å²) in [5, 5.41) is 12.4. The number of carbonyl (C=O) groups is 2. The van der Waals surface area contributed by atoms with Crippen LogP contribution in [0.2, 0.25) is 0 Å². The van der Waals surface area contributed by atoms with Crippen LogP contribution in [0.15, 0.2) is 33.9 Å². The fraction of sp³-hybridized carbons (Fsp3) is 0.333. The smallest absolute Gasteiger partial charge is 0.321 e. The summed E-state index contributed by atoms with van der Waals surface area (Å²) in [6.07, 6.45) is 0. The van der Waals surface area contributed by atoms with Crippen molar-refractivity contribution in [1.29, 1.82) is 0 Å². The maximum Gasteiger partial charge on any atom is 0.321 e. The second-order valence-electron chi connectivity index (χ2n) is 4.85. The minimum absolute atomic E-state index is 0.277. The highest BCUT2D eigenvalue weighted by Gasteiger charge is 2.20. The summed E-state index contributed by atoms with van der Waals surface area (Å²) in [7, 11) is 0. The third kappa shape index (κ3) is 4.82. The first-order valence-corrected chi connectivity index (χ1v) is 8.03. The van der Waals surface area contributed by atoms with Gasteiger partial charge in [-0.2, -0.15) is 0 Å². The molecular formula is C15H18N4O3S. The summed E-state index contributed by atoms with van der Waals surface area (Å²) >= 11 is 1.10. The molecule has 2 aromatic rings. The van der Waals surface area contributed by atoms with E-state index in [1.54, 1.807) is 13.8 Å². The van der Waals surface area contributed by atoms with E-state index < -0.39 is 17.2 Å². The topological polar surface area (TPSA) is 97.1 Å². The van der Waals surface area contributed by atoms with Gasteiger partial charge in [0.15, 0.2) is 0 Å². The highest BCUT2D eigenvalue weighted by molar-refractivity contribution is 8.00. The minimum atomic E-state index is -0.538. The second-order valence-corrected chi connectivity index (χ2v) is 6.14. The van der Waals surface area contributed by atoms with Crippen LogP contribution in [0.4, 0.5) is 4.79 Å². The lowest BCUT2D eigenvalue weighted by Crippen LogP contribution is -2.42. The molecule has 0 fully saturated rings. The van der Waals surface area contributed by atoms with Crippen molar-refractivity contribution in [2.75, 3.05) is 6.54 Å². The van der Waals surface area contributed by atoms with E-state index in [9.17, 15) is 9.59 Å². The summed E-state index contributed by atoms with van der Waals surface area (Å²) < 4.78 is 5.54. The fourth-order valence-corrected chi connectivity index (χ4v) is 2.38. The Kier molecular flexibility index (Phi) is 5.75. The van der Waals surface area contributed by atoms with Crippen molar-refractivity contribution in [1.82, 2.24) is 20.8 Å². The lowest BCUT2D eigenvalue weighted by molar-refractivity contribution is -0.119. The molecule has 8 heteroatoms. The Morgan fingerprint density at radius 2 is 1.96 bits per heavy atom. The maximum absolute atomic E-state index is 11.9. The van der Waals surface area contributed by atoms with Gasteiger partial charge in [0.1, 0.15) is 0 Å². The molecule has 0 aliphatic carbocycles. The van der Waals surface area contributed by atoms with E-state index in [-0.39, 0.29) is 5.22 Å². The van der Waals surface area contributed by atoms with Gasteiger partial charge in [-0.3, -0.25) is 10.1 Å². The number of hydrogen-bond acceptors (Lipinski definition) is 6. The van der Waals surface area contributed by atoms with Gasteiger partial charge in [0, 0.05) is 12.1 Å². The molecule has 2 N–H and O–H groups in total. The minimum Gasteiger partial charge on any atom is -0.411 e. The van der Waals surface area contributed by atoms with Crippen molar-refractivity contribution < 1.29 is 14.0 Å². The Morgan fingerprint density at radius 1 is 1.26 bits per heavy atom. The molecule has 0 aliphatic rings. The Hall–Kier alpha value is -2.35. The van der Waals surface area contributed by atoms with Gasteiger partial charge < -0.3 is 9.73 Å². The van der Waals surface area contributed by atoms with Gasteiger partial charge in [-0.25, -0.2) is 4.79 Å². The van der Waals surface area contributed by atoms with Gasteiger partial charge in [0.25, 0.3) is 5.22 Å². The summed E-state index contributed by atoms with van der Waals surface area (Å²) in [5.74, 6) is -0.0279. The lowest BCUT2D eigenvalue weighted by Gasteiger charge is -2.08. The van der Waals surface area contributed by atoms with E-state index in [0.717, 1.165) is 22.9 Å². The van der Waals surface area contributed by atoms with Crippen LogP contribution >= 0.6 is 11.8 Å². The van der Waals surface area contributed by atoms with Crippen LogP contribution in [0.5, 0.6) is 0 Å². The van der Waals surface area contributed by atoms with Gasteiger partial charge in [0.2, 0.25) is 11.8 Å². The van der Waals surface area contributed by atoms with E-state index in [1.807, 2.05) is 31.2 Å². The molecule has 0 unspecified atom stereocenters. The zero-order chi connectivity index (χ0) is 16.8. The quantitative estimate of drug-likeness (QED) is 0.815. The number of urea groups is 1. The van der Waals surface area contributed by atoms with Crippen molar-refractivity contribution >= 4 is 23.7 Å². The Labute approximate surface area is 138 Å². The van der Waals surface area contributed by atoms with E-state index in [0.29, 0.717) is 12.4 Å². The van der Waals surface area contributed by atoms with Crippen LogP contribution in [0.3, 0.4) is 0 Å². The molecule has 0 saturated carbocycles. The average molecular weight is 334 g/mol. The maximum atomic E-state index is 11.9. The van der Waals surface area contributed by atoms with Gasteiger partial charge in [-0.15, -0.1) is 10.2 Å². The molecular weight excluding hydrogens is 316 g/mol. The van der Waals surface area contributed by atoms with Crippen molar-refractivity contribution in [2.24, 2.45) is 0 Å². The first kappa shape index (κ1) is 17.0. The third-order valence-electron chi connectivity index (χ3n) is 2.93. The van der Waals surface area contributed by atoms with Crippen LogP contribution in [0.25, 0.3) is 11.5 Å². The van der Waals surface area contributed by atoms with Crippen LogP contribution in [0.1, 0.15) is 19.4 Å². The summed E-state index contributed by atoms with van der Waals surface area (Å²) in [4.78, 5) is 23.2. The zero-order valence-electron chi connectivity index (χ0n) is 13.1. The number of aromatic nitrogens is 2. The third-order valence-corrected chi connectivity index (χ3v) is 3.86. The van der Waals surface area contributed by atoms with Crippen molar-refractivity contribution in [3.05, 3.63) is 29.8 Å². The molecule has 122 valence electrons. The number of benzene rings is 1. The van der Waals surface area contributed by atoms with Crippen LogP contribution < -0.4 is 10.6 Å². The molecule has 0 bridgehead atoms. The molecule has 23 heavy (non-hydrogen) atoms. The molecule has 1 atom stereocenters. The lowest BCUT2D eigenvalue weighted by atomic mass is 10.1. The standard InChI is InChI=1S/C15H18N4O3S/c1-4-16-14(21)17-12(20)10(3)23-15-19-18-13(22-15)11-7-5-9(2)6-8-11/h5-8,10H,4H2,1-3H3,(H2,16,17,20,21)/t10-/m0/s1. The molecule has 1 aromatic carbocycles. The molecule has 3 amide bonds. The number of nitrogens with zero attached hydrogens (tertiary/aromatic N) is 2. The van der Waals surface area contributed by atoms with Crippen molar-refractivity contribution in [2.45, 2.75) is 31.2 Å². The van der Waals surface area contributed by atoms with Crippen molar-refractivity contribution in [3.8, 4) is 11.5 Å². The zero-order valence-corrected chi connectivity index (χ0v) is 13.9. The monoisotopic (exact) mass is 334 g/mol. The number of thioether (sulfide) groups is 1. The normalized spacial score (nSPS) is 11.8. The number of amides is 3. The number of hydrogen-bond donors (Lipinski definition) is 2. The predicted octanol–water partition coefficient (Wildman–Crippen LogP) is 2.37. The van der Waals surface area contributed by atoms with Gasteiger partial charge >= 0.3 is 6.03 Å². The highest BCUT2D eigenvalue weighted by Crippen LogP contribution is 2.26. The molecule has 0 spiro atoms. The SMILES string of the molecule is CCNC(=O)NC(=O)[C@H](C)Sc1nnc(-c2ccc(C)cc2)o1. The molecule has 0 radical (unpaired) electrons. The Bertz CT molecular complexity index is 684. The van der Waals surface area contributed by atoms with Crippen molar-refractivity contribution in [3.63, 3.8) is 0 Å². The number of nitrogens with one attached hydrogen (secondary N) is 2. The Morgan fingerprint density at radius 3 is 2.61 bits per heavy atom. The summed E-state index contributed by atoms with van der Waals surface area (Å²) in [6.45, 7) is 5.88. The molecule has 1 heterocycles. The van der Waals surface area contributed by atoms with E-state index in [2.05, 4.69) is 20.8 Å². The number of imide groups is 1. The average Bonchev–Trinajstić information content (AvgIpc) is 2.96. The van der Waals surface area contributed by atoms with Gasteiger partial charge in [-0.1, -0.05) is 29.5 Å². The molecule has 0 saturated heterocycles.